The summed E-state index contributed by atoms with van der Waals surface area (Å²) in [5, 5.41) is 2.77. The number of aromatic amines is 1. The Labute approximate surface area is 89.9 Å². The molecule has 0 atom stereocenters. The number of nitrogens with one attached hydrogen (secondary N) is 2. The Morgan fingerprint density at radius 1 is 1.50 bits per heavy atom. The summed E-state index contributed by atoms with van der Waals surface area (Å²) >= 11 is 0. The third-order valence-electron chi connectivity index (χ3n) is 1.85. The van der Waals surface area contributed by atoms with E-state index in [1.165, 1.54) is 6.07 Å². The first-order valence-electron chi connectivity index (χ1n) is 4.71. The fourth-order valence-corrected chi connectivity index (χ4v) is 1.21. The number of hydrogen-bond acceptors (Lipinski definition) is 3. The first-order chi connectivity index (χ1) is 7.40. The second-order valence-electron chi connectivity index (χ2n) is 3.33. The average molecular weight is 235 g/mol. The van der Waals surface area contributed by atoms with Gasteiger partial charge in [0.25, 0.3) is 5.56 Å². The van der Waals surface area contributed by atoms with Gasteiger partial charge in [0.05, 0.1) is 12.1 Å². The highest BCUT2D eigenvalue weighted by molar-refractivity contribution is 5.02. The summed E-state index contributed by atoms with van der Waals surface area (Å²) in [6.07, 6.45) is -5.53. The fraction of sp³-hybridized carbons (Fsp3) is 0.556. The van der Waals surface area contributed by atoms with Gasteiger partial charge in [-0.1, -0.05) is 0 Å². The van der Waals surface area contributed by atoms with Gasteiger partial charge in [-0.2, -0.15) is 13.2 Å². The molecule has 1 aromatic rings. The zero-order valence-electron chi connectivity index (χ0n) is 8.69. The van der Waals surface area contributed by atoms with Crippen LogP contribution in [0.15, 0.2) is 10.9 Å². The first-order valence-corrected chi connectivity index (χ1v) is 4.71. The summed E-state index contributed by atoms with van der Waals surface area (Å²) in [6.45, 7) is 0.350. The maximum absolute atomic E-state index is 12.0. The molecule has 0 amide bonds. The van der Waals surface area contributed by atoms with Crippen molar-refractivity contribution in [2.45, 2.75) is 25.6 Å². The Hall–Kier alpha value is -1.37. The molecule has 0 fully saturated rings. The van der Waals surface area contributed by atoms with Crippen molar-refractivity contribution in [3.8, 4) is 0 Å². The summed E-state index contributed by atoms with van der Waals surface area (Å²) in [5.74, 6) is 0.0649. The minimum atomic E-state index is -4.24. The van der Waals surface area contributed by atoms with Gasteiger partial charge in [-0.3, -0.25) is 4.79 Å². The highest BCUT2D eigenvalue weighted by atomic mass is 19.4. The maximum atomic E-state index is 12.0. The van der Waals surface area contributed by atoms with Gasteiger partial charge in [0.2, 0.25) is 0 Å². The number of aromatic nitrogens is 2. The Kier molecular flexibility index (Phi) is 4.05. The van der Waals surface area contributed by atoms with Crippen molar-refractivity contribution in [2.24, 2.45) is 0 Å². The van der Waals surface area contributed by atoms with Gasteiger partial charge in [0, 0.05) is 19.0 Å². The van der Waals surface area contributed by atoms with Crippen LogP contribution in [0.1, 0.15) is 17.9 Å². The number of rotatable bonds is 4. The van der Waals surface area contributed by atoms with E-state index in [9.17, 15) is 18.0 Å². The highest BCUT2D eigenvalue weighted by Crippen LogP contribution is 2.20. The predicted molar refractivity (Wildman–Crippen MR) is 52.0 cm³/mol. The molecule has 0 saturated carbocycles. The lowest BCUT2D eigenvalue weighted by atomic mass is 10.3. The predicted octanol–water partition coefficient (Wildman–Crippen LogP) is 0.984. The minimum Gasteiger partial charge on any atom is -0.314 e. The van der Waals surface area contributed by atoms with E-state index >= 15 is 0 Å². The van der Waals surface area contributed by atoms with Crippen molar-refractivity contribution in [3.05, 3.63) is 27.9 Å². The average Bonchev–Trinajstić information content (AvgIpc) is 2.13. The molecule has 16 heavy (non-hydrogen) atoms. The van der Waals surface area contributed by atoms with Crippen LogP contribution in [0, 0.1) is 0 Å². The topological polar surface area (TPSA) is 57.8 Å². The van der Waals surface area contributed by atoms with E-state index in [0.717, 1.165) is 0 Å². The summed E-state index contributed by atoms with van der Waals surface area (Å²) in [6, 6.07) is 1.26. The molecule has 0 aliphatic carbocycles. The molecule has 0 aromatic carbocycles. The quantitative estimate of drug-likeness (QED) is 0.818. The SMILES string of the molecule is CNCc1cc(=O)[nH]c(CCC(F)(F)F)n1. The number of hydrogen-bond donors (Lipinski definition) is 2. The molecule has 1 aromatic heterocycles. The van der Waals surface area contributed by atoms with Gasteiger partial charge in [0.15, 0.2) is 0 Å². The van der Waals surface area contributed by atoms with Crippen LogP contribution >= 0.6 is 0 Å². The monoisotopic (exact) mass is 235 g/mol. The van der Waals surface area contributed by atoms with E-state index in [1.807, 2.05) is 0 Å². The molecule has 1 rings (SSSR count). The zero-order valence-corrected chi connectivity index (χ0v) is 8.69. The molecule has 7 heteroatoms. The minimum absolute atomic E-state index is 0.0649. The van der Waals surface area contributed by atoms with E-state index in [-0.39, 0.29) is 12.2 Å². The zero-order chi connectivity index (χ0) is 12.2. The van der Waals surface area contributed by atoms with E-state index in [1.54, 1.807) is 7.05 Å². The molecule has 1 heterocycles. The maximum Gasteiger partial charge on any atom is 0.389 e. The van der Waals surface area contributed by atoms with E-state index in [4.69, 9.17) is 0 Å². The van der Waals surface area contributed by atoms with Crippen LogP contribution in [-0.2, 0) is 13.0 Å². The molecular formula is C9H12F3N3O. The van der Waals surface area contributed by atoms with Crippen LogP contribution in [0.3, 0.4) is 0 Å². The van der Waals surface area contributed by atoms with Crippen molar-refractivity contribution in [3.63, 3.8) is 0 Å². The van der Waals surface area contributed by atoms with Crippen molar-refractivity contribution in [2.75, 3.05) is 7.05 Å². The standard InChI is InChI=1S/C9H12F3N3O/c1-13-5-6-4-8(16)15-7(14-6)2-3-9(10,11)12/h4,13H,2-3,5H2,1H3,(H,14,15,16). The Bertz CT molecular complexity index is 400. The number of nitrogens with zero attached hydrogens (tertiary/aromatic N) is 1. The molecule has 0 aliphatic rings. The normalized spacial score (nSPS) is 11.8. The molecule has 4 nitrogen and oxygen atoms in total. The van der Waals surface area contributed by atoms with Crippen LogP contribution in [0.4, 0.5) is 13.2 Å². The highest BCUT2D eigenvalue weighted by Gasteiger charge is 2.26. The van der Waals surface area contributed by atoms with E-state index in [0.29, 0.717) is 12.2 Å². The molecule has 0 radical (unpaired) electrons. The van der Waals surface area contributed by atoms with Crippen LogP contribution < -0.4 is 10.9 Å². The van der Waals surface area contributed by atoms with Crippen LogP contribution in [-0.4, -0.2) is 23.2 Å². The van der Waals surface area contributed by atoms with Crippen LogP contribution in [0.5, 0.6) is 0 Å². The van der Waals surface area contributed by atoms with Gasteiger partial charge in [0.1, 0.15) is 5.82 Å². The van der Waals surface area contributed by atoms with E-state index < -0.39 is 18.2 Å². The summed E-state index contributed by atoms with van der Waals surface area (Å²) in [4.78, 5) is 17.3. The summed E-state index contributed by atoms with van der Waals surface area (Å²) in [5.41, 5.74) is 0.000786. The number of alkyl halides is 3. The number of H-pyrrole nitrogens is 1. The number of aryl methyl sites for hydroxylation is 1. The van der Waals surface area contributed by atoms with Gasteiger partial charge in [-0.15, -0.1) is 0 Å². The first kappa shape index (κ1) is 12.7. The lowest BCUT2D eigenvalue weighted by Crippen LogP contribution is -2.18. The Morgan fingerprint density at radius 3 is 2.75 bits per heavy atom. The largest absolute Gasteiger partial charge is 0.389 e. The van der Waals surface area contributed by atoms with Crippen molar-refractivity contribution >= 4 is 0 Å². The molecule has 0 unspecified atom stereocenters. The van der Waals surface area contributed by atoms with Crippen LogP contribution in [0.25, 0.3) is 0 Å². The van der Waals surface area contributed by atoms with Gasteiger partial charge in [-0.05, 0) is 7.05 Å². The third-order valence-corrected chi connectivity index (χ3v) is 1.85. The second-order valence-corrected chi connectivity index (χ2v) is 3.33. The van der Waals surface area contributed by atoms with Gasteiger partial charge in [-0.25, -0.2) is 4.98 Å². The lowest BCUT2D eigenvalue weighted by molar-refractivity contribution is -0.134. The Morgan fingerprint density at radius 2 is 2.19 bits per heavy atom. The smallest absolute Gasteiger partial charge is 0.314 e. The molecule has 90 valence electrons. The third kappa shape index (κ3) is 4.43. The van der Waals surface area contributed by atoms with Gasteiger partial charge >= 0.3 is 6.18 Å². The van der Waals surface area contributed by atoms with Crippen molar-refractivity contribution in [1.29, 1.82) is 0 Å². The van der Waals surface area contributed by atoms with Crippen LogP contribution in [0.2, 0.25) is 0 Å². The summed E-state index contributed by atoms with van der Waals surface area (Å²) < 4.78 is 35.9. The van der Waals surface area contributed by atoms with Gasteiger partial charge < -0.3 is 10.3 Å². The molecule has 0 aliphatic heterocycles. The molecule has 0 saturated heterocycles. The second kappa shape index (κ2) is 5.11. The summed E-state index contributed by atoms with van der Waals surface area (Å²) in [7, 11) is 1.66. The molecular weight excluding hydrogens is 223 g/mol. The van der Waals surface area contributed by atoms with E-state index in [2.05, 4.69) is 15.3 Å². The molecule has 2 N–H and O–H groups in total. The number of halogens is 3. The molecule has 0 spiro atoms. The lowest BCUT2D eigenvalue weighted by Gasteiger charge is -2.06. The van der Waals surface area contributed by atoms with Crippen molar-refractivity contribution in [1.82, 2.24) is 15.3 Å². The molecule has 0 bridgehead atoms. The fourth-order valence-electron chi connectivity index (χ4n) is 1.21. The van der Waals surface area contributed by atoms with Crippen molar-refractivity contribution < 1.29 is 13.2 Å². The Balaban J connectivity index is 2.76.